The molecule has 82 valence electrons. The second-order valence-electron chi connectivity index (χ2n) is 4.74. The Hall–Kier alpha value is -0.490. The minimum absolute atomic E-state index is 0.696. The largest absolute Gasteiger partial charge is 0.126 e. The quantitative estimate of drug-likeness (QED) is 0.671. The van der Waals surface area contributed by atoms with Crippen LogP contribution in [0.15, 0.2) is 24.3 Å². The van der Waals surface area contributed by atoms with Crippen LogP contribution in [0.4, 0.5) is 0 Å². The Balaban J connectivity index is 2.02. The summed E-state index contributed by atoms with van der Waals surface area (Å²) < 4.78 is 0. The fraction of sp³-hybridized carbons (Fsp3) is 0.571. The second-order valence-corrected chi connectivity index (χ2v) is 5.04. The molecule has 0 amide bonds. The van der Waals surface area contributed by atoms with Gasteiger partial charge in [-0.3, -0.25) is 0 Å². The third-order valence-electron chi connectivity index (χ3n) is 3.76. The Labute approximate surface area is 97.6 Å². The summed E-state index contributed by atoms with van der Waals surface area (Å²) in [4.78, 5) is 0. The summed E-state index contributed by atoms with van der Waals surface area (Å²) in [6, 6.07) is 8.68. The summed E-state index contributed by atoms with van der Waals surface area (Å²) in [5.74, 6) is 2.41. The molecule has 2 rings (SSSR count). The van der Waals surface area contributed by atoms with Gasteiger partial charge in [-0.25, -0.2) is 0 Å². The number of aryl methyl sites for hydroxylation is 1. The van der Waals surface area contributed by atoms with E-state index in [0.29, 0.717) is 5.92 Å². The molecule has 1 aliphatic rings. The number of hydrogen-bond acceptors (Lipinski definition) is 0. The van der Waals surface area contributed by atoms with Crippen LogP contribution in [0.25, 0.3) is 0 Å². The van der Waals surface area contributed by atoms with Gasteiger partial charge in [0.05, 0.1) is 0 Å². The maximum Gasteiger partial charge on any atom is 0.0257 e. The van der Waals surface area contributed by atoms with Crippen LogP contribution >= 0.6 is 11.6 Å². The summed E-state index contributed by atoms with van der Waals surface area (Å²) in [7, 11) is 0. The first-order chi connectivity index (χ1) is 7.31. The summed E-state index contributed by atoms with van der Waals surface area (Å²) >= 11 is 6.08. The molecule has 0 radical (unpaired) electrons. The lowest BCUT2D eigenvalue weighted by Gasteiger charge is -2.33. The predicted octanol–water partition coefficient (Wildman–Crippen LogP) is 4.19. The third-order valence-corrected chi connectivity index (χ3v) is 4.15. The van der Waals surface area contributed by atoms with E-state index in [2.05, 4.69) is 31.2 Å². The van der Waals surface area contributed by atoms with Gasteiger partial charge < -0.3 is 0 Å². The number of alkyl halides is 1. The van der Waals surface area contributed by atoms with Crippen LogP contribution in [0.2, 0.25) is 0 Å². The van der Waals surface area contributed by atoms with Crippen molar-refractivity contribution in [2.45, 2.75) is 32.6 Å². The molecule has 0 bridgehead atoms. The molecule has 0 saturated heterocycles. The van der Waals surface area contributed by atoms with Gasteiger partial charge in [-0.1, -0.05) is 43.5 Å². The molecule has 1 saturated carbocycles. The highest BCUT2D eigenvalue weighted by atomic mass is 35.5. The number of halogens is 1. The van der Waals surface area contributed by atoms with E-state index in [4.69, 9.17) is 11.6 Å². The highest BCUT2D eigenvalue weighted by Crippen LogP contribution is 2.36. The molecule has 1 aliphatic carbocycles. The van der Waals surface area contributed by atoms with Gasteiger partial charge in [-0.15, -0.1) is 11.6 Å². The Kier molecular flexibility index (Phi) is 3.69. The molecule has 15 heavy (non-hydrogen) atoms. The van der Waals surface area contributed by atoms with Crippen LogP contribution in [0, 0.1) is 18.8 Å². The standard InChI is InChI=1S/C14H19Cl/c1-11-5-2-3-6-13(11)9-14(10-15)12-7-4-8-12/h2-3,5-6,12,14H,4,7-10H2,1H3. The van der Waals surface area contributed by atoms with Crippen LogP contribution in [0.5, 0.6) is 0 Å². The molecule has 0 N–H and O–H groups in total. The Morgan fingerprint density at radius 2 is 2.07 bits per heavy atom. The highest BCUT2D eigenvalue weighted by molar-refractivity contribution is 6.18. The van der Waals surface area contributed by atoms with E-state index in [1.54, 1.807) is 0 Å². The second kappa shape index (κ2) is 5.03. The summed E-state index contributed by atoms with van der Waals surface area (Å²) in [6.45, 7) is 2.20. The average Bonchev–Trinajstić information content (AvgIpc) is 2.17. The molecule has 1 unspecified atom stereocenters. The van der Waals surface area contributed by atoms with E-state index in [-0.39, 0.29) is 0 Å². The van der Waals surface area contributed by atoms with Gasteiger partial charge in [-0.2, -0.15) is 0 Å². The van der Waals surface area contributed by atoms with Gasteiger partial charge >= 0.3 is 0 Å². The maximum absolute atomic E-state index is 6.08. The fourth-order valence-electron chi connectivity index (χ4n) is 2.38. The monoisotopic (exact) mass is 222 g/mol. The molecule has 1 aromatic carbocycles. The van der Waals surface area contributed by atoms with E-state index in [9.17, 15) is 0 Å². The molecular weight excluding hydrogens is 204 g/mol. The van der Waals surface area contributed by atoms with Crippen molar-refractivity contribution in [1.82, 2.24) is 0 Å². The number of rotatable bonds is 4. The van der Waals surface area contributed by atoms with Gasteiger partial charge in [0.15, 0.2) is 0 Å². The lowest BCUT2D eigenvalue weighted by atomic mass is 9.74. The van der Waals surface area contributed by atoms with Crippen molar-refractivity contribution in [1.29, 1.82) is 0 Å². The average molecular weight is 223 g/mol. The third kappa shape index (κ3) is 2.55. The van der Waals surface area contributed by atoms with Gasteiger partial charge in [0, 0.05) is 5.88 Å². The van der Waals surface area contributed by atoms with Gasteiger partial charge in [0.1, 0.15) is 0 Å². The zero-order valence-electron chi connectivity index (χ0n) is 9.38. The maximum atomic E-state index is 6.08. The first-order valence-electron chi connectivity index (χ1n) is 5.91. The molecule has 0 aromatic heterocycles. The lowest BCUT2D eigenvalue weighted by Crippen LogP contribution is -2.25. The topological polar surface area (TPSA) is 0 Å². The Bertz CT molecular complexity index is 315. The van der Waals surface area contributed by atoms with Crippen LogP contribution in [-0.2, 0) is 6.42 Å². The summed E-state index contributed by atoms with van der Waals surface area (Å²) in [5, 5.41) is 0. The molecule has 0 nitrogen and oxygen atoms in total. The summed E-state index contributed by atoms with van der Waals surface area (Å²) in [5.41, 5.74) is 2.89. The normalized spacial score (nSPS) is 18.5. The highest BCUT2D eigenvalue weighted by Gasteiger charge is 2.26. The molecule has 1 atom stereocenters. The Morgan fingerprint density at radius 3 is 2.60 bits per heavy atom. The smallest absolute Gasteiger partial charge is 0.0257 e. The predicted molar refractivity (Wildman–Crippen MR) is 66.4 cm³/mol. The molecule has 1 fully saturated rings. The van der Waals surface area contributed by atoms with Crippen LogP contribution < -0.4 is 0 Å². The molecule has 1 aromatic rings. The van der Waals surface area contributed by atoms with Crippen molar-refractivity contribution >= 4 is 11.6 Å². The van der Waals surface area contributed by atoms with Crippen molar-refractivity contribution in [3.8, 4) is 0 Å². The van der Waals surface area contributed by atoms with E-state index in [1.807, 2.05) is 0 Å². The van der Waals surface area contributed by atoms with Crippen molar-refractivity contribution in [3.05, 3.63) is 35.4 Å². The van der Waals surface area contributed by atoms with Crippen molar-refractivity contribution in [3.63, 3.8) is 0 Å². The zero-order valence-corrected chi connectivity index (χ0v) is 10.1. The Morgan fingerprint density at radius 1 is 1.33 bits per heavy atom. The zero-order chi connectivity index (χ0) is 10.7. The van der Waals surface area contributed by atoms with E-state index >= 15 is 0 Å². The summed E-state index contributed by atoms with van der Waals surface area (Å²) in [6.07, 6.45) is 5.36. The van der Waals surface area contributed by atoms with Gasteiger partial charge in [-0.05, 0) is 36.3 Å². The minimum atomic E-state index is 0.696. The first kappa shape index (κ1) is 11.0. The molecule has 1 heteroatoms. The lowest BCUT2D eigenvalue weighted by molar-refractivity contribution is 0.222. The van der Waals surface area contributed by atoms with Gasteiger partial charge in [0.2, 0.25) is 0 Å². The minimum Gasteiger partial charge on any atom is -0.126 e. The molecule has 0 heterocycles. The van der Waals surface area contributed by atoms with Crippen molar-refractivity contribution in [2.24, 2.45) is 11.8 Å². The van der Waals surface area contributed by atoms with Crippen LogP contribution in [-0.4, -0.2) is 5.88 Å². The fourth-order valence-corrected chi connectivity index (χ4v) is 2.74. The SMILES string of the molecule is Cc1ccccc1CC(CCl)C1CCC1. The van der Waals surface area contributed by atoms with Crippen LogP contribution in [0.1, 0.15) is 30.4 Å². The molecule has 0 aliphatic heterocycles. The van der Waals surface area contributed by atoms with E-state index in [0.717, 1.165) is 11.8 Å². The van der Waals surface area contributed by atoms with Crippen molar-refractivity contribution in [2.75, 3.05) is 5.88 Å². The molecular formula is C14H19Cl. The van der Waals surface area contributed by atoms with Crippen LogP contribution in [0.3, 0.4) is 0 Å². The number of hydrogen-bond donors (Lipinski definition) is 0. The van der Waals surface area contributed by atoms with E-state index in [1.165, 1.54) is 36.8 Å². The first-order valence-corrected chi connectivity index (χ1v) is 6.45. The van der Waals surface area contributed by atoms with E-state index < -0.39 is 0 Å². The van der Waals surface area contributed by atoms with Crippen molar-refractivity contribution < 1.29 is 0 Å². The van der Waals surface area contributed by atoms with Gasteiger partial charge in [0.25, 0.3) is 0 Å². The molecule has 0 spiro atoms. The number of benzene rings is 1.